The summed E-state index contributed by atoms with van der Waals surface area (Å²) in [6.07, 6.45) is 1.06. The summed E-state index contributed by atoms with van der Waals surface area (Å²) >= 11 is 0. The maximum atomic E-state index is 9.01. The molecule has 0 aliphatic carbocycles. The first-order valence-corrected chi connectivity index (χ1v) is 5.35. The molecule has 15 heavy (non-hydrogen) atoms. The molecule has 0 radical (unpaired) electrons. The second-order valence-electron chi connectivity index (χ2n) is 3.52. The predicted molar refractivity (Wildman–Crippen MR) is 61.9 cm³/mol. The van der Waals surface area contributed by atoms with E-state index in [2.05, 4.69) is 29.8 Å². The SMILES string of the molecule is CCCN(CC)c1nc(C)ccc1C#N. The highest BCUT2D eigenvalue weighted by molar-refractivity contribution is 5.54. The van der Waals surface area contributed by atoms with Crippen LogP contribution < -0.4 is 4.90 Å². The first-order valence-electron chi connectivity index (χ1n) is 5.35. The summed E-state index contributed by atoms with van der Waals surface area (Å²) in [4.78, 5) is 6.58. The summed E-state index contributed by atoms with van der Waals surface area (Å²) in [5, 5.41) is 9.01. The van der Waals surface area contributed by atoms with Crippen molar-refractivity contribution in [2.24, 2.45) is 0 Å². The van der Waals surface area contributed by atoms with Gasteiger partial charge in [0, 0.05) is 18.8 Å². The summed E-state index contributed by atoms with van der Waals surface area (Å²) in [6.45, 7) is 8.00. The Morgan fingerprint density at radius 2 is 2.13 bits per heavy atom. The predicted octanol–water partition coefficient (Wildman–Crippen LogP) is 2.50. The van der Waals surface area contributed by atoms with Gasteiger partial charge in [0.25, 0.3) is 0 Å². The summed E-state index contributed by atoms with van der Waals surface area (Å²) in [7, 11) is 0. The standard InChI is InChI=1S/C12H17N3/c1-4-8-15(5-2)12-11(9-13)7-6-10(3)14-12/h6-7H,4-5,8H2,1-3H3. The van der Waals surface area contributed by atoms with Crippen LogP contribution in [0.3, 0.4) is 0 Å². The lowest BCUT2D eigenvalue weighted by atomic mass is 10.2. The number of anilines is 1. The zero-order valence-corrected chi connectivity index (χ0v) is 9.62. The average molecular weight is 203 g/mol. The van der Waals surface area contributed by atoms with Crippen LogP contribution in [0.2, 0.25) is 0 Å². The van der Waals surface area contributed by atoms with E-state index >= 15 is 0 Å². The van der Waals surface area contributed by atoms with E-state index in [4.69, 9.17) is 5.26 Å². The van der Waals surface area contributed by atoms with Gasteiger partial charge in [0.2, 0.25) is 0 Å². The smallest absolute Gasteiger partial charge is 0.146 e. The van der Waals surface area contributed by atoms with E-state index in [1.807, 2.05) is 19.1 Å². The van der Waals surface area contributed by atoms with Gasteiger partial charge < -0.3 is 4.90 Å². The molecule has 0 fully saturated rings. The Morgan fingerprint density at radius 1 is 1.40 bits per heavy atom. The lowest BCUT2D eigenvalue weighted by Gasteiger charge is -2.22. The van der Waals surface area contributed by atoms with Gasteiger partial charge in [-0.2, -0.15) is 5.26 Å². The number of nitriles is 1. The van der Waals surface area contributed by atoms with Gasteiger partial charge in [-0.25, -0.2) is 4.98 Å². The first-order chi connectivity index (χ1) is 7.22. The van der Waals surface area contributed by atoms with E-state index in [0.29, 0.717) is 5.56 Å². The molecule has 0 aliphatic heterocycles. The van der Waals surface area contributed by atoms with Crippen molar-refractivity contribution in [1.29, 1.82) is 5.26 Å². The topological polar surface area (TPSA) is 39.9 Å². The van der Waals surface area contributed by atoms with Crippen molar-refractivity contribution in [3.8, 4) is 6.07 Å². The van der Waals surface area contributed by atoms with E-state index in [-0.39, 0.29) is 0 Å². The van der Waals surface area contributed by atoms with Gasteiger partial charge in [-0.1, -0.05) is 6.92 Å². The fourth-order valence-corrected chi connectivity index (χ4v) is 1.56. The quantitative estimate of drug-likeness (QED) is 0.754. The molecular formula is C12H17N3. The molecule has 0 unspecified atom stereocenters. The fraction of sp³-hybridized carbons (Fsp3) is 0.500. The second-order valence-corrected chi connectivity index (χ2v) is 3.52. The Labute approximate surface area is 91.4 Å². The zero-order valence-electron chi connectivity index (χ0n) is 9.62. The Balaban J connectivity index is 3.09. The number of rotatable bonds is 4. The molecule has 0 bridgehead atoms. The van der Waals surface area contributed by atoms with Gasteiger partial charge in [-0.15, -0.1) is 0 Å². The van der Waals surface area contributed by atoms with E-state index in [9.17, 15) is 0 Å². The molecule has 3 heteroatoms. The van der Waals surface area contributed by atoms with Crippen LogP contribution in [0.25, 0.3) is 0 Å². The molecule has 1 aromatic rings. The van der Waals surface area contributed by atoms with Crippen molar-refractivity contribution in [2.75, 3.05) is 18.0 Å². The number of pyridine rings is 1. The number of hydrogen-bond donors (Lipinski definition) is 0. The van der Waals surface area contributed by atoms with Gasteiger partial charge >= 0.3 is 0 Å². The summed E-state index contributed by atoms with van der Waals surface area (Å²) in [5.41, 5.74) is 1.62. The van der Waals surface area contributed by atoms with Crippen LogP contribution in [0.1, 0.15) is 31.5 Å². The van der Waals surface area contributed by atoms with Crippen LogP contribution in [0.15, 0.2) is 12.1 Å². The van der Waals surface area contributed by atoms with E-state index in [1.165, 1.54) is 0 Å². The molecule has 0 aromatic carbocycles. The molecule has 1 heterocycles. The third kappa shape index (κ3) is 2.69. The van der Waals surface area contributed by atoms with Crippen LogP contribution in [0, 0.1) is 18.3 Å². The highest BCUT2D eigenvalue weighted by Crippen LogP contribution is 2.17. The van der Waals surface area contributed by atoms with Crippen molar-refractivity contribution in [3.05, 3.63) is 23.4 Å². The third-order valence-corrected chi connectivity index (χ3v) is 2.31. The van der Waals surface area contributed by atoms with Crippen LogP contribution in [-0.2, 0) is 0 Å². The number of aromatic nitrogens is 1. The monoisotopic (exact) mass is 203 g/mol. The van der Waals surface area contributed by atoms with Gasteiger partial charge in [-0.3, -0.25) is 0 Å². The Kier molecular flexibility index (Phi) is 4.11. The number of hydrogen-bond acceptors (Lipinski definition) is 3. The highest BCUT2D eigenvalue weighted by atomic mass is 15.2. The van der Waals surface area contributed by atoms with Gasteiger partial charge in [-0.05, 0) is 32.4 Å². The van der Waals surface area contributed by atoms with Crippen molar-refractivity contribution in [1.82, 2.24) is 4.98 Å². The van der Waals surface area contributed by atoms with E-state index in [0.717, 1.165) is 31.0 Å². The van der Waals surface area contributed by atoms with Crippen LogP contribution in [0.4, 0.5) is 5.82 Å². The molecule has 0 N–H and O–H groups in total. The Hall–Kier alpha value is -1.56. The average Bonchev–Trinajstić information content (AvgIpc) is 2.26. The van der Waals surface area contributed by atoms with E-state index < -0.39 is 0 Å². The number of aryl methyl sites for hydroxylation is 1. The fourth-order valence-electron chi connectivity index (χ4n) is 1.56. The second kappa shape index (κ2) is 5.35. The molecule has 0 spiro atoms. The lowest BCUT2D eigenvalue weighted by molar-refractivity contribution is 0.775. The molecule has 3 nitrogen and oxygen atoms in total. The Morgan fingerprint density at radius 3 is 2.67 bits per heavy atom. The van der Waals surface area contributed by atoms with Crippen molar-refractivity contribution < 1.29 is 0 Å². The Bertz CT molecular complexity index is 366. The molecule has 1 rings (SSSR count). The lowest BCUT2D eigenvalue weighted by Crippen LogP contribution is -2.25. The molecule has 80 valence electrons. The first kappa shape index (κ1) is 11.5. The maximum Gasteiger partial charge on any atom is 0.146 e. The molecular weight excluding hydrogens is 186 g/mol. The number of nitrogens with zero attached hydrogens (tertiary/aromatic N) is 3. The molecule has 1 aromatic heterocycles. The van der Waals surface area contributed by atoms with Gasteiger partial charge in [0.1, 0.15) is 11.9 Å². The molecule has 0 amide bonds. The van der Waals surface area contributed by atoms with Crippen LogP contribution >= 0.6 is 0 Å². The summed E-state index contributed by atoms with van der Waals surface area (Å²) in [6, 6.07) is 5.91. The minimum Gasteiger partial charge on any atom is -0.356 e. The van der Waals surface area contributed by atoms with Crippen molar-refractivity contribution in [2.45, 2.75) is 27.2 Å². The molecule has 0 saturated heterocycles. The molecule has 0 atom stereocenters. The van der Waals surface area contributed by atoms with Crippen LogP contribution in [0.5, 0.6) is 0 Å². The minimum atomic E-state index is 0.663. The normalized spacial score (nSPS) is 9.73. The van der Waals surface area contributed by atoms with Crippen LogP contribution in [-0.4, -0.2) is 18.1 Å². The van der Waals surface area contributed by atoms with Crippen molar-refractivity contribution >= 4 is 5.82 Å². The van der Waals surface area contributed by atoms with Crippen molar-refractivity contribution in [3.63, 3.8) is 0 Å². The summed E-state index contributed by atoms with van der Waals surface area (Å²) in [5.74, 6) is 0.821. The largest absolute Gasteiger partial charge is 0.356 e. The van der Waals surface area contributed by atoms with E-state index in [1.54, 1.807) is 0 Å². The summed E-state index contributed by atoms with van der Waals surface area (Å²) < 4.78 is 0. The van der Waals surface area contributed by atoms with Gasteiger partial charge in [0.05, 0.1) is 5.56 Å². The minimum absolute atomic E-state index is 0.663. The zero-order chi connectivity index (χ0) is 11.3. The maximum absolute atomic E-state index is 9.01. The molecule has 0 aliphatic rings. The molecule has 0 saturated carbocycles. The van der Waals surface area contributed by atoms with Gasteiger partial charge in [0.15, 0.2) is 0 Å². The highest BCUT2D eigenvalue weighted by Gasteiger charge is 2.10. The third-order valence-electron chi connectivity index (χ3n) is 2.31.